The third kappa shape index (κ3) is 3.66. The van der Waals surface area contributed by atoms with Gasteiger partial charge >= 0.3 is 0 Å². The number of fused-ring (bicyclic) bond motifs is 7. The number of aromatic nitrogens is 7. The quantitative estimate of drug-likeness (QED) is 0.215. The molecule has 0 saturated carbocycles. The lowest BCUT2D eigenvalue weighted by Gasteiger charge is -2.11. The zero-order chi connectivity index (χ0) is 29.0. The van der Waals surface area contributed by atoms with Gasteiger partial charge in [-0.2, -0.15) is 9.97 Å². The van der Waals surface area contributed by atoms with E-state index in [1.807, 2.05) is 42.5 Å². The zero-order valence-electron chi connectivity index (χ0n) is 23.4. The summed E-state index contributed by atoms with van der Waals surface area (Å²) in [5, 5.41) is 4.55. The molecule has 44 heavy (non-hydrogen) atoms. The topological polar surface area (TPSA) is 74.3 Å². The summed E-state index contributed by atoms with van der Waals surface area (Å²) in [5.41, 5.74) is 6.74. The van der Waals surface area contributed by atoms with E-state index in [0.717, 1.165) is 49.3 Å². The van der Waals surface area contributed by atoms with E-state index in [-0.39, 0.29) is 0 Å². The highest BCUT2D eigenvalue weighted by Crippen LogP contribution is 2.41. The Bertz CT molecular complexity index is 2420. The number of nitrogens with zero attached hydrogens (tertiary/aromatic N) is 7. The van der Waals surface area contributed by atoms with Crippen LogP contribution in [0.4, 0.5) is 0 Å². The first kappa shape index (κ1) is 24.4. The molecule has 7 heteroatoms. The largest absolute Gasteiger partial charge is 0.309 e. The average Bonchev–Trinajstić information content (AvgIpc) is 3.62. The highest BCUT2D eigenvalue weighted by molar-refractivity contribution is 6.26. The average molecular weight is 566 g/mol. The van der Waals surface area contributed by atoms with Gasteiger partial charge in [0, 0.05) is 39.6 Å². The molecular formula is C37H23N7. The van der Waals surface area contributed by atoms with Gasteiger partial charge in [0.25, 0.3) is 0 Å². The van der Waals surface area contributed by atoms with Crippen LogP contribution >= 0.6 is 0 Å². The molecule has 0 fully saturated rings. The molecule has 0 bridgehead atoms. The van der Waals surface area contributed by atoms with Crippen molar-refractivity contribution in [3.63, 3.8) is 0 Å². The van der Waals surface area contributed by atoms with Crippen LogP contribution < -0.4 is 0 Å². The molecule has 7 nitrogen and oxygen atoms in total. The van der Waals surface area contributed by atoms with Crippen molar-refractivity contribution in [3.8, 4) is 34.7 Å². The number of para-hydroxylation sites is 3. The van der Waals surface area contributed by atoms with Crippen LogP contribution in [0.15, 0.2) is 140 Å². The fraction of sp³-hybridized carbons (Fsp3) is 0. The molecule has 0 atom stereocenters. The van der Waals surface area contributed by atoms with E-state index in [0.29, 0.717) is 29.0 Å². The van der Waals surface area contributed by atoms with Crippen LogP contribution in [0.5, 0.6) is 0 Å². The third-order valence-electron chi connectivity index (χ3n) is 8.10. The molecule has 206 valence electrons. The number of hydrogen-bond donors (Lipinski definition) is 0. The maximum Gasteiger partial charge on any atom is 0.238 e. The molecule has 0 spiro atoms. The number of hydrogen-bond acceptors (Lipinski definition) is 5. The molecule has 0 aliphatic heterocycles. The molecule has 0 aliphatic carbocycles. The molecule has 5 heterocycles. The van der Waals surface area contributed by atoms with Crippen molar-refractivity contribution in [2.45, 2.75) is 0 Å². The number of benzene rings is 4. The van der Waals surface area contributed by atoms with E-state index in [4.69, 9.17) is 15.0 Å². The predicted molar refractivity (Wildman–Crippen MR) is 175 cm³/mol. The molecule has 9 rings (SSSR count). The van der Waals surface area contributed by atoms with Crippen LogP contribution in [0.2, 0.25) is 0 Å². The van der Waals surface area contributed by atoms with Crippen molar-refractivity contribution in [1.29, 1.82) is 0 Å². The normalized spacial score (nSPS) is 11.6. The predicted octanol–water partition coefficient (Wildman–Crippen LogP) is 8.19. The van der Waals surface area contributed by atoms with Crippen molar-refractivity contribution < 1.29 is 0 Å². The summed E-state index contributed by atoms with van der Waals surface area (Å²) in [4.78, 5) is 24.1. The van der Waals surface area contributed by atoms with Gasteiger partial charge in [0.2, 0.25) is 5.95 Å². The van der Waals surface area contributed by atoms with Crippen molar-refractivity contribution in [2.75, 3.05) is 0 Å². The summed E-state index contributed by atoms with van der Waals surface area (Å²) in [7, 11) is 0. The fourth-order valence-electron chi connectivity index (χ4n) is 6.26. The van der Waals surface area contributed by atoms with E-state index in [1.54, 1.807) is 12.4 Å². The maximum absolute atomic E-state index is 5.07. The highest BCUT2D eigenvalue weighted by Gasteiger charge is 2.23. The molecule has 4 aromatic carbocycles. The lowest BCUT2D eigenvalue weighted by atomic mass is 10.1. The molecule has 5 aromatic heterocycles. The minimum Gasteiger partial charge on any atom is -0.309 e. The monoisotopic (exact) mass is 565 g/mol. The molecule has 9 aromatic rings. The second-order valence-electron chi connectivity index (χ2n) is 10.6. The molecule has 0 saturated heterocycles. The molecule has 0 amide bonds. The smallest absolute Gasteiger partial charge is 0.238 e. The minimum atomic E-state index is 0.487. The molecule has 0 radical (unpaired) electrons. The van der Waals surface area contributed by atoms with Gasteiger partial charge in [0.1, 0.15) is 11.4 Å². The Hall–Kier alpha value is -6.21. The van der Waals surface area contributed by atoms with E-state index >= 15 is 0 Å². The summed E-state index contributed by atoms with van der Waals surface area (Å²) in [5.74, 6) is 1.48. The van der Waals surface area contributed by atoms with Gasteiger partial charge in [-0.1, -0.05) is 72.8 Å². The van der Waals surface area contributed by atoms with Gasteiger partial charge in [0.05, 0.1) is 22.1 Å². The van der Waals surface area contributed by atoms with Crippen molar-refractivity contribution in [1.82, 2.24) is 34.1 Å². The van der Waals surface area contributed by atoms with Crippen LogP contribution in [-0.2, 0) is 0 Å². The maximum atomic E-state index is 5.07. The Morgan fingerprint density at radius 2 is 1.00 bits per heavy atom. The van der Waals surface area contributed by atoms with Crippen LogP contribution in [-0.4, -0.2) is 34.1 Å². The van der Waals surface area contributed by atoms with Crippen molar-refractivity contribution >= 4 is 43.6 Å². The Labute approximate surface area is 251 Å². The van der Waals surface area contributed by atoms with Crippen LogP contribution in [0.3, 0.4) is 0 Å². The number of pyridine rings is 2. The van der Waals surface area contributed by atoms with Crippen LogP contribution in [0.1, 0.15) is 0 Å². The Balaban J connectivity index is 1.46. The summed E-state index contributed by atoms with van der Waals surface area (Å²) in [6.07, 6.45) is 3.50. The van der Waals surface area contributed by atoms with Gasteiger partial charge in [-0.15, -0.1) is 0 Å². The highest BCUT2D eigenvalue weighted by atomic mass is 15.2. The second kappa shape index (κ2) is 9.68. The molecular weight excluding hydrogens is 542 g/mol. The Kier molecular flexibility index (Phi) is 5.36. The lowest BCUT2D eigenvalue weighted by Crippen LogP contribution is -2.07. The summed E-state index contributed by atoms with van der Waals surface area (Å²) < 4.78 is 4.51. The van der Waals surface area contributed by atoms with Gasteiger partial charge in [0.15, 0.2) is 11.6 Å². The minimum absolute atomic E-state index is 0.487. The van der Waals surface area contributed by atoms with E-state index in [1.165, 1.54) is 0 Å². The molecule has 0 unspecified atom stereocenters. The van der Waals surface area contributed by atoms with Crippen LogP contribution in [0, 0.1) is 0 Å². The van der Waals surface area contributed by atoms with Gasteiger partial charge in [-0.25, -0.2) is 4.98 Å². The standard InChI is InChI=1S/C37H23N7/c1-2-12-24(13-3-1)43-31-19-7-5-15-27(31)33-32(43)21-20-26-25-14-4-6-18-30(25)44(34(26)33)37-41-35(28-16-8-10-22-38-28)40-36(42-37)29-17-9-11-23-39-29/h1-23H. The zero-order valence-corrected chi connectivity index (χ0v) is 23.4. The van der Waals surface area contributed by atoms with Gasteiger partial charge < -0.3 is 4.57 Å². The fourth-order valence-corrected chi connectivity index (χ4v) is 6.26. The van der Waals surface area contributed by atoms with Crippen molar-refractivity contribution in [3.05, 3.63) is 140 Å². The Morgan fingerprint density at radius 3 is 1.66 bits per heavy atom. The Morgan fingerprint density at radius 1 is 0.409 bits per heavy atom. The first-order valence-electron chi connectivity index (χ1n) is 14.5. The third-order valence-corrected chi connectivity index (χ3v) is 8.10. The lowest BCUT2D eigenvalue weighted by molar-refractivity contribution is 0.945. The summed E-state index contributed by atoms with van der Waals surface area (Å²) in [6.45, 7) is 0. The first-order chi connectivity index (χ1) is 21.8. The molecule has 0 N–H and O–H groups in total. The van der Waals surface area contributed by atoms with E-state index in [2.05, 4.69) is 104 Å². The van der Waals surface area contributed by atoms with Gasteiger partial charge in [-0.05, 0) is 54.6 Å². The summed E-state index contributed by atoms with van der Waals surface area (Å²) in [6, 6.07) is 43.4. The van der Waals surface area contributed by atoms with Crippen molar-refractivity contribution in [2.24, 2.45) is 0 Å². The first-order valence-corrected chi connectivity index (χ1v) is 14.5. The SMILES string of the molecule is c1ccc(-n2c3ccccc3c3c2ccc2c4ccccc4n(-c4nc(-c5ccccn5)nc(-c5ccccn5)n4)c23)cc1. The second-order valence-corrected chi connectivity index (χ2v) is 10.6. The summed E-state index contributed by atoms with van der Waals surface area (Å²) >= 11 is 0. The van der Waals surface area contributed by atoms with Crippen LogP contribution in [0.25, 0.3) is 78.3 Å². The van der Waals surface area contributed by atoms with E-state index < -0.39 is 0 Å². The van der Waals surface area contributed by atoms with Gasteiger partial charge in [-0.3, -0.25) is 14.5 Å². The number of rotatable bonds is 4. The van der Waals surface area contributed by atoms with E-state index in [9.17, 15) is 0 Å². The molecule has 0 aliphatic rings.